The van der Waals surface area contributed by atoms with Crippen LogP contribution in [0.3, 0.4) is 0 Å². The van der Waals surface area contributed by atoms with Gasteiger partial charge in [0.2, 0.25) is 0 Å². The van der Waals surface area contributed by atoms with Crippen molar-refractivity contribution in [2.45, 2.75) is 0 Å². The Morgan fingerprint density at radius 2 is 0.969 bits per heavy atom. The number of nitrogens with one attached hydrogen (secondary N) is 2. The molecule has 2 amide bonds. The number of hydrogen-bond donors (Lipinski definition) is 2. The fourth-order valence-electron chi connectivity index (χ4n) is 3.52. The third-order valence-electron chi connectivity index (χ3n) is 5.02. The van der Waals surface area contributed by atoms with Gasteiger partial charge in [0.05, 0.1) is 11.1 Å². The van der Waals surface area contributed by atoms with Gasteiger partial charge in [0.15, 0.2) is 23.0 Å². The molecule has 2 aliphatic heterocycles. The van der Waals surface area contributed by atoms with E-state index >= 15 is 0 Å². The molecular weight excluding hydrogens is 412 g/mol. The van der Waals surface area contributed by atoms with E-state index < -0.39 is 11.8 Å². The highest BCUT2D eigenvalue weighted by Gasteiger charge is 2.19. The van der Waals surface area contributed by atoms with Gasteiger partial charge in [-0.05, 0) is 36.4 Å². The SMILES string of the molecule is O=C(Nc1ccc2c(c1)OCCO2)c1ccccc1C(=O)Nc1ccc2c(c1)OCCO2. The fraction of sp³-hybridized carbons (Fsp3) is 0.167. The van der Waals surface area contributed by atoms with Gasteiger partial charge in [-0.25, -0.2) is 0 Å². The van der Waals surface area contributed by atoms with Crippen LogP contribution in [0.25, 0.3) is 0 Å². The van der Waals surface area contributed by atoms with E-state index in [1.807, 2.05) is 0 Å². The van der Waals surface area contributed by atoms with Crippen LogP contribution in [-0.4, -0.2) is 38.2 Å². The molecule has 3 aromatic carbocycles. The van der Waals surface area contributed by atoms with Crippen molar-refractivity contribution in [3.05, 3.63) is 71.8 Å². The Morgan fingerprint density at radius 1 is 0.562 bits per heavy atom. The Balaban J connectivity index is 1.34. The summed E-state index contributed by atoms with van der Waals surface area (Å²) in [5.41, 5.74) is 1.58. The van der Waals surface area contributed by atoms with Gasteiger partial charge >= 0.3 is 0 Å². The minimum absolute atomic E-state index is 0.248. The van der Waals surface area contributed by atoms with Crippen LogP contribution < -0.4 is 29.6 Å². The summed E-state index contributed by atoms with van der Waals surface area (Å²) < 4.78 is 22.1. The number of rotatable bonds is 4. The molecule has 0 unspecified atom stereocenters. The number of fused-ring (bicyclic) bond motifs is 2. The first kappa shape index (κ1) is 19.7. The Bertz CT molecular complexity index is 1100. The monoisotopic (exact) mass is 432 g/mol. The molecule has 0 spiro atoms. The van der Waals surface area contributed by atoms with E-state index in [0.29, 0.717) is 60.8 Å². The smallest absolute Gasteiger partial charge is 0.256 e. The number of anilines is 2. The number of carbonyl (C=O) groups is 2. The van der Waals surface area contributed by atoms with Crippen molar-refractivity contribution in [2.75, 3.05) is 37.1 Å². The number of ether oxygens (including phenoxy) is 4. The van der Waals surface area contributed by atoms with Crippen molar-refractivity contribution in [3.8, 4) is 23.0 Å². The highest BCUT2D eigenvalue weighted by Crippen LogP contribution is 2.34. The van der Waals surface area contributed by atoms with Crippen LogP contribution in [0.5, 0.6) is 23.0 Å². The van der Waals surface area contributed by atoms with Crippen LogP contribution in [-0.2, 0) is 0 Å². The molecule has 0 aliphatic carbocycles. The molecule has 2 aliphatic rings. The van der Waals surface area contributed by atoms with Crippen molar-refractivity contribution in [1.82, 2.24) is 0 Å². The van der Waals surface area contributed by atoms with E-state index in [9.17, 15) is 9.59 Å². The highest BCUT2D eigenvalue weighted by atomic mass is 16.6. The number of amides is 2. The molecule has 0 aromatic heterocycles. The van der Waals surface area contributed by atoms with E-state index in [1.54, 1.807) is 60.7 Å². The van der Waals surface area contributed by atoms with Crippen LogP contribution in [0.4, 0.5) is 11.4 Å². The van der Waals surface area contributed by atoms with Gasteiger partial charge in [-0.15, -0.1) is 0 Å². The van der Waals surface area contributed by atoms with Crippen LogP contribution >= 0.6 is 0 Å². The lowest BCUT2D eigenvalue weighted by Crippen LogP contribution is -2.21. The molecule has 32 heavy (non-hydrogen) atoms. The predicted molar refractivity (Wildman–Crippen MR) is 117 cm³/mol. The quantitative estimate of drug-likeness (QED) is 0.652. The lowest BCUT2D eigenvalue weighted by Gasteiger charge is -2.19. The Labute approximate surface area is 184 Å². The molecule has 0 saturated heterocycles. The summed E-state index contributed by atoms with van der Waals surface area (Å²) in [5, 5.41) is 5.63. The molecule has 8 nitrogen and oxygen atoms in total. The van der Waals surface area contributed by atoms with Crippen molar-refractivity contribution >= 4 is 23.2 Å². The number of benzene rings is 3. The predicted octanol–water partition coefficient (Wildman–Crippen LogP) is 3.73. The molecule has 0 saturated carbocycles. The molecule has 5 rings (SSSR count). The standard InChI is InChI=1S/C24H20N2O6/c27-23(25-15-5-7-19-21(13-15)31-11-9-29-19)17-3-1-2-4-18(17)24(28)26-16-6-8-20-22(14-16)32-12-10-30-20/h1-8,13-14H,9-12H2,(H,25,27)(H,26,28). The molecule has 8 heteroatoms. The summed E-state index contributed by atoms with van der Waals surface area (Å²) in [7, 11) is 0. The molecular formula is C24H20N2O6. The Morgan fingerprint density at radius 3 is 1.41 bits per heavy atom. The maximum Gasteiger partial charge on any atom is 0.256 e. The van der Waals surface area contributed by atoms with Crippen molar-refractivity contribution in [3.63, 3.8) is 0 Å². The maximum atomic E-state index is 13.0. The average Bonchev–Trinajstić information content (AvgIpc) is 2.84. The third kappa shape index (κ3) is 4.02. The first-order valence-electron chi connectivity index (χ1n) is 10.2. The summed E-state index contributed by atoms with van der Waals surface area (Å²) in [6.45, 7) is 1.88. The van der Waals surface area contributed by atoms with Crippen molar-refractivity contribution in [2.24, 2.45) is 0 Å². The zero-order valence-corrected chi connectivity index (χ0v) is 17.1. The van der Waals surface area contributed by atoms with Gasteiger partial charge in [-0.3, -0.25) is 9.59 Å². The fourth-order valence-corrected chi connectivity index (χ4v) is 3.52. The molecule has 0 fully saturated rings. The van der Waals surface area contributed by atoms with Crippen LogP contribution in [0.2, 0.25) is 0 Å². The molecule has 0 radical (unpaired) electrons. The second-order valence-corrected chi connectivity index (χ2v) is 7.17. The zero-order chi connectivity index (χ0) is 21.9. The van der Waals surface area contributed by atoms with Gasteiger partial charge in [-0.1, -0.05) is 12.1 Å². The Hall–Kier alpha value is -4.20. The summed E-state index contributed by atoms with van der Waals surface area (Å²) >= 11 is 0. The molecule has 162 valence electrons. The van der Waals surface area contributed by atoms with Gasteiger partial charge in [-0.2, -0.15) is 0 Å². The molecule has 2 heterocycles. The maximum absolute atomic E-state index is 13.0. The second-order valence-electron chi connectivity index (χ2n) is 7.17. The largest absolute Gasteiger partial charge is 0.486 e. The number of carbonyl (C=O) groups excluding carboxylic acids is 2. The van der Waals surface area contributed by atoms with E-state index in [2.05, 4.69) is 10.6 Å². The first-order chi connectivity index (χ1) is 15.7. The van der Waals surface area contributed by atoms with Crippen LogP contribution in [0.15, 0.2) is 60.7 Å². The zero-order valence-electron chi connectivity index (χ0n) is 17.1. The molecule has 0 atom stereocenters. The lowest BCUT2D eigenvalue weighted by molar-refractivity contribution is 0.0990. The summed E-state index contributed by atoms with van der Waals surface area (Å²) in [5.74, 6) is 1.59. The van der Waals surface area contributed by atoms with Crippen molar-refractivity contribution in [1.29, 1.82) is 0 Å². The van der Waals surface area contributed by atoms with E-state index in [-0.39, 0.29) is 11.1 Å². The summed E-state index contributed by atoms with van der Waals surface area (Å²) in [6, 6.07) is 17.0. The minimum atomic E-state index is -0.408. The van der Waals surface area contributed by atoms with Gasteiger partial charge in [0.25, 0.3) is 11.8 Å². The lowest BCUT2D eigenvalue weighted by atomic mass is 10.1. The highest BCUT2D eigenvalue weighted by molar-refractivity contribution is 6.15. The summed E-state index contributed by atoms with van der Waals surface area (Å²) in [6.07, 6.45) is 0. The first-order valence-corrected chi connectivity index (χ1v) is 10.2. The summed E-state index contributed by atoms with van der Waals surface area (Å²) in [4.78, 5) is 25.9. The van der Waals surface area contributed by atoms with E-state index in [0.717, 1.165) is 0 Å². The minimum Gasteiger partial charge on any atom is -0.486 e. The van der Waals surface area contributed by atoms with E-state index in [4.69, 9.17) is 18.9 Å². The normalized spacial score (nSPS) is 13.8. The topological polar surface area (TPSA) is 95.1 Å². The Kier molecular flexibility index (Phi) is 5.25. The van der Waals surface area contributed by atoms with Crippen LogP contribution in [0, 0.1) is 0 Å². The van der Waals surface area contributed by atoms with E-state index in [1.165, 1.54) is 0 Å². The molecule has 0 bridgehead atoms. The van der Waals surface area contributed by atoms with Crippen LogP contribution in [0.1, 0.15) is 20.7 Å². The molecule has 2 N–H and O–H groups in total. The van der Waals surface area contributed by atoms with Gasteiger partial charge < -0.3 is 29.6 Å². The van der Waals surface area contributed by atoms with Gasteiger partial charge in [0.1, 0.15) is 26.4 Å². The van der Waals surface area contributed by atoms with Crippen molar-refractivity contribution < 1.29 is 28.5 Å². The number of hydrogen-bond acceptors (Lipinski definition) is 6. The van der Waals surface area contributed by atoms with Gasteiger partial charge in [0, 0.05) is 23.5 Å². The second kappa shape index (κ2) is 8.50. The molecule has 3 aromatic rings. The third-order valence-corrected chi connectivity index (χ3v) is 5.02. The average molecular weight is 432 g/mol.